The average Bonchev–Trinajstić information content (AvgIpc) is 3.43. The predicted molar refractivity (Wildman–Crippen MR) is 112 cm³/mol. The Morgan fingerprint density at radius 2 is 1.79 bits per heavy atom. The molecule has 150 valence electrons. The molecule has 0 N–H and O–H groups in total. The van der Waals surface area contributed by atoms with Crippen molar-refractivity contribution < 1.29 is 17.6 Å². The van der Waals surface area contributed by atoms with E-state index in [-0.39, 0.29) is 15.8 Å². The topological polar surface area (TPSA) is 72.6 Å². The third-order valence-electron chi connectivity index (χ3n) is 4.81. The lowest BCUT2D eigenvalue weighted by Crippen LogP contribution is -2.19. The van der Waals surface area contributed by atoms with Crippen molar-refractivity contribution in [1.29, 1.82) is 0 Å². The normalized spacial score (nSPS) is 14.6. The van der Waals surface area contributed by atoms with E-state index in [1.165, 1.54) is 0 Å². The zero-order valence-corrected chi connectivity index (χ0v) is 16.9. The number of aromatic nitrogens is 1. The molecule has 0 amide bonds. The van der Waals surface area contributed by atoms with Crippen LogP contribution in [-0.2, 0) is 9.84 Å². The molecule has 6 nitrogen and oxygen atoms in total. The Bertz CT molecular complexity index is 1110. The fourth-order valence-electron chi connectivity index (χ4n) is 3.30. The van der Waals surface area contributed by atoms with E-state index in [2.05, 4.69) is 4.98 Å². The van der Waals surface area contributed by atoms with Crippen LogP contribution in [0.4, 0.5) is 5.88 Å². The molecule has 1 aromatic heterocycles. The summed E-state index contributed by atoms with van der Waals surface area (Å²) in [6.45, 7) is 1.51. The summed E-state index contributed by atoms with van der Waals surface area (Å²) in [5.74, 6) is 1.31. The third-order valence-corrected chi connectivity index (χ3v) is 6.48. The Balaban J connectivity index is 1.73. The summed E-state index contributed by atoms with van der Waals surface area (Å²) in [6, 6.07) is 15.9. The van der Waals surface area contributed by atoms with Crippen molar-refractivity contribution in [3.8, 4) is 5.75 Å². The largest absolute Gasteiger partial charge is 0.497 e. The van der Waals surface area contributed by atoms with Gasteiger partial charge in [0.05, 0.1) is 12.0 Å². The molecule has 1 aliphatic rings. The summed E-state index contributed by atoms with van der Waals surface area (Å²) in [6.07, 6.45) is 5.50. The van der Waals surface area contributed by atoms with Gasteiger partial charge in [0.25, 0.3) is 0 Å². The summed E-state index contributed by atoms with van der Waals surface area (Å²) in [5, 5.41) is -0.0316. The number of rotatable bonds is 6. The number of nitrogens with zero attached hydrogens (tertiary/aromatic N) is 2. The Morgan fingerprint density at radius 3 is 2.52 bits per heavy atom. The lowest BCUT2D eigenvalue weighted by Gasteiger charge is -2.14. The maximum atomic E-state index is 13.2. The molecule has 7 heteroatoms. The molecule has 0 aliphatic carbocycles. The van der Waals surface area contributed by atoms with Gasteiger partial charge in [0.2, 0.25) is 26.6 Å². The number of benzene rings is 2. The first-order valence-electron chi connectivity index (χ1n) is 9.46. The SMILES string of the molecule is COc1cccc(/C=C/c2nc(S(=O)(=O)c3ccccc3)c(N3CCCC3)o2)c1. The molecule has 0 radical (unpaired) electrons. The number of hydrogen-bond donors (Lipinski definition) is 0. The van der Waals surface area contributed by atoms with Gasteiger partial charge in [-0.3, -0.25) is 0 Å². The van der Waals surface area contributed by atoms with Crippen molar-refractivity contribution in [3.05, 3.63) is 66.1 Å². The minimum Gasteiger partial charge on any atom is -0.497 e. The van der Waals surface area contributed by atoms with Crippen molar-refractivity contribution >= 4 is 27.9 Å². The van der Waals surface area contributed by atoms with E-state index in [0.717, 1.165) is 37.2 Å². The Morgan fingerprint density at radius 1 is 1.03 bits per heavy atom. The molecule has 0 unspecified atom stereocenters. The maximum Gasteiger partial charge on any atom is 0.236 e. The second kappa shape index (κ2) is 8.13. The van der Waals surface area contributed by atoms with Crippen LogP contribution < -0.4 is 9.64 Å². The van der Waals surface area contributed by atoms with E-state index in [1.54, 1.807) is 43.5 Å². The van der Waals surface area contributed by atoms with Crippen LogP contribution in [0.1, 0.15) is 24.3 Å². The van der Waals surface area contributed by atoms with E-state index in [0.29, 0.717) is 5.88 Å². The molecule has 0 saturated carbocycles. The lowest BCUT2D eigenvalue weighted by atomic mass is 10.2. The minimum absolute atomic E-state index is 0.0316. The monoisotopic (exact) mass is 410 g/mol. The van der Waals surface area contributed by atoms with Crippen LogP contribution in [0.15, 0.2) is 68.9 Å². The fraction of sp³-hybridized carbons (Fsp3) is 0.227. The molecule has 29 heavy (non-hydrogen) atoms. The van der Waals surface area contributed by atoms with Gasteiger partial charge in [0.15, 0.2) is 0 Å². The summed E-state index contributed by atoms with van der Waals surface area (Å²) >= 11 is 0. The standard InChI is InChI=1S/C22H22N2O4S/c1-27-18-9-7-8-17(16-18)12-13-20-23-21(22(28-20)24-14-5-6-15-24)29(25,26)19-10-3-2-4-11-19/h2-4,7-13,16H,5-6,14-15H2,1H3/b13-12+. The van der Waals surface area contributed by atoms with E-state index in [9.17, 15) is 8.42 Å². The molecule has 1 aliphatic heterocycles. The molecule has 1 saturated heterocycles. The van der Waals surface area contributed by atoms with E-state index in [4.69, 9.17) is 9.15 Å². The number of ether oxygens (including phenoxy) is 1. The molecule has 0 spiro atoms. The number of sulfone groups is 1. The highest BCUT2D eigenvalue weighted by molar-refractivity contribution is 7.91. The van der Waals surface area contributed by atoms with Gasteiger partial charge in [-0.1, -0.05) is 30.3 Å². The highest BCUT2D eigenvalue weighted by Crippen LogP contribution is 2.33. The molecule has 4 rings (SSSR count). The van der Waals surface area contributed by atoms with Crippen LogP contribution >= 0.6 is 0 Å². The third kappa shape index (κ3) is 4.05. The molecule has 0 atom stereocenters. The van der Waals surface area contributed by atoms with Crippen LogP contribution in [-0.4, -0.2) is 33.6 Å². The summed E-state index contributed by atoms with van der Waals surface area (Å²) < 4.78 is 37.5. The molecule has 3 aromatic rings. The van der Waals surface area contributed by atoms with Crippen molar-refractivity contribution in [2.45, 2.75) is 22.8 Å². The Kier molecular flexibility index (Phi) is 5.40. The summed E-state index contributed by atoms with van der Waals surface area (Å²) in [7, 11) is -2.17. The van der Waals surface area contributed by atoms with Crippen LogP contribution in [0.25, 0.3) is 12.2 Å². The van der Waals surface area contributed by atoms with E-state index >= 15 is 0 Å². The van der Waals surface area contributed by atoms with Crippen molar-refractivity contribution in [3.63, 3.8) is 0 Å². The highest BCUT2D eigenvalue weighted by atomic mass is 32.2. The number of hydrogen-bond acceptors (Lipinski definition) is 6. The smallest absolute Gasteiger partial charge is 0.236 e. The number of methoxy groups -OCH3 is 1. The molecule has 2 aromatic carbocycles. The average molecular weight is 410 g/mol. The van der Waals surface area contributed by atoms with Gasteiger partial charge in [-0.2, -0.15) is 4.98 Å². The van der Waals surface area contributed by atoms with Crippen LogP contribution in [0, 0.1) is 0 Å². The number of oxazole rings is 1. The fourth-order valence-corrected chi connectivity index (χ4v) is 4.65. The predicted octanol–water partition coefficient (Wildman–Crippen LogP) is 4.29. The summed E-state index contributed by atoms with van der Waals surface area (Å²) in [4.78, 5) is 6.50. The van der Waals surface area contributed by atoms with Crippen LogP contribution in [0.2, 0.25) is 0 Å². The second-order valence-electron chi connectivity index (χ2n) is 6.78. The van der Waals surface area contributed by atoms with Crippen molar-refractivity contribution in [2.24, 2.45) is 0 Å². The molecule has 0 bridgehead atoms. The van der Waals surface area contributed by atoms with Crippen molar-refractivity contribution in [2.75, 3.05) is 25.1 Å². The van der Waals surface area contributed by atoms with Gasteiger partial charge in [-0.25, -0.2) is 8.42 Å². The van der Waals surface area contributed by atoms with Gasteiger partial charge < -0.3 is 14.1 Å². The van der Waals surface area contributed by atoms with Crippen LogP contribution in [0.3, 0.4) is 0 Å². The first-order chi connectivity index (χ1) is 14.1. The van der Waals surface area contributed by atoms with E-state index in [1.807, 2.05) is 35.2 Å². The summed E-state index contributed by atoms with van der Waals surface area (Å²) in [5.41, 5.74) is 0.901. The van der Waals surface area contributed by atoms with Crippen LogP contribution in [0.5, 0.6) is 5.75 Å². The zero-order chi connectivity index (χ0) is 20.3. The van der Waals surface area contributed by atoms with Gasteiger partial charge >= 0.3 is 0 Å². The number of anilines is 1. The second-order valence-corrected chi connectivity index (χ2v) is 8.65. The van der Waals surface area contributed by atoms with Gasteiger partial charge in [-0.15, -0.1) is 0 Å². The van der Waals surface area contributed by atoms with Gasteiger partial charge in [0.1, 0.15) is 5.75 Å². The first kappa shape index (κ1) is 19.3. The Hall–Kier alpha value is -3.06. The Labute approximate surface area is 170 Å². The maximum absolute atomic E-state index is 13.2. The quantitative estimate of drug-likeness (QED) is 0.604. The molecular weight excluding hydrogens is 388 g/mol. The molecule has 1 fully saturated rings. The zero-order valence-electron chi connectivity index (χ0n) is 16.1. The minimum atomic E-state index is -3.78. The van der Waals surface area contributed by atoms with Gasteiger partial charge in [0, 0.05) is 19.2 Å². The van der Waals surface area contributed by atoms with Crippen molar-refractivity contribution in [1.82, 2.24) is 4.98 Å². The molecule has 2 heterocycles. The van der Waals surface area contributed by atoms with Gasteiger partial charge in [-0.05, 0) is 48.7 Å². The first-order valence-corrected chi connectivity index (χ1v) is 10.9. The lowest BCUT2D eigenvalue weighted by molar-refractivity contribution is 0.414. The molecular formula is C22H22N2O4S. The van der Waals surface area contributed by atoms with E-state index < -0.39 is 9.84 Å². The highest BCUT2D eigenvalue weighted by Gasteiger charge is 2.31.